The van der Waals surface area contributed by atoms with Gasteiger partial charge in [0.15, 0.2) is 0 Å². The number of amides is 5. The van der Waals surface area contributed by atoms with Crippen LogP contribution >= 0.6 is 0 Å². The van der Waals surface area contributed by atoms with Crippen molar-refractivity contribution in [3.63, 3.8) is 0 Å². The normalized spacial score (nSPS) is 19.5. The summed E-state index contributed by atoms with van der Waals surface area (Å²) >= 11 is 0. The summed E-state index contributed by atoms with van der Waals surface area (Å²) in [5.74, 6) is 0.954. The highest BCUT2D eigenvalue weighted by Crippen LogP contribution is 2.39. The van der Waals surface area contributed by atoms with Crippen molar-refractivity contribution in [2.24, 2.45) is 11.7 Å². The molecule has 15 nitrogen and oxygen atoms in total. The van der Waals surface area contributed by atoms with E-state index in [-0.39, 0.29) is 68.8 Å². The van der Waals surface area contributed by atoms with Gasteiger partial charge in [0.05, 0.1) is 58.3 Å². The Balaban J connectivity index is 1.01. The molecule has 290 valence electrons. The first kappa shape index (κ1) is 39.8. The lowest BCUT2D eigenvalue weighted by Crippen LogP contribution is -2.62. The van der Waals surface area contributed by atoms with Crippen LogP contribution in [0.4, 0.5) is 9.59 Å². The molecule has 4 N–H and O–H groups in total. The van der Waals surface area contributed by atoms with Crippen molar-refractivity contribution in [2.75, 3.05) is 92.2 Å². The fourth-order valence-electron chi connectivity index (χ4n) is 7.05. The van der Waals surface area contributed by atoms with Gasteiger partial charge in [-0.25, -0.2) is 9.59 Å². The number of fused-ring (bicyclic) bond motifs is 1. The van der Waals surface area contributed by atoms with Crippen LogP contribution < -0.4 is 21.1 Å². The maximum absolute atomic E-state index is 13.5. The molecule has 15 heteroatoms. The average molecular weight is 740 g/mol. The maximum Gasteiger partial charge on any atom is 0.404 e. The lowest BCUT2D eigenvalue weighted by molar-refractivity contribution is -0.139. The molecular weight excluding hydrogens is 686 g/mol. The van der Waals surface area contributed by atoms with Crippen molar-refractivity contribution >= 4 is 23.9 Å². The van der Waals surface area contributed by atoms with Crippen molar-refractivity contribution in [1.82, 2.24) is 20.4 Å². The fraction of sp³-hybridized carbons (Fsp3) is 0.579. The van der Waals surface area contributed by atoms with E-state index in [2.05, 4.69) is 51.8 Å². The zero-order chi connectivity index (χ0) is 37.3. The number of carbonyl (C=O) groups is 4. The van der Waals surface area contributed by atoms with Crippen LogP contribution in [-0.2, 0) is 33.3 Å². The molecule has 0 radical (unpaired) electrons. The van der Waals surface area contributed by atoms with Gasteiger partial charge < -0.3 is 54.6 Å². The zero-order valence-electron chi connectivity index (χ0n) is 30.3. The summed E-state index contributed by atoms with van der Waals surface area (Å²) < 4.78 is 32.4. The summed E-state index contributed by atoms with van der Waals surface area (Å²) in [5.41, 5.74) is 7.24. The smallest absolute Gasteiger partial charge is 0.404 e. The minimum absolute atomic E-state index is 0.0285. The minimum Gasteiger partial charge on any atom is -0.492 e. The van der Waals surface area contributed by atoms with E-state index in [4.69, 9.17) is 29.4 Å². The Morgan fingerprint density at radius 1 is 0.830 bits per heavy atom. The summed E-state index contributed by atoms with van der Waals surface area (Å²) in [4.78, 5) is 51.9. The predicted molar refractivity (Wildman–Crippen MR) is 193 cm³/mol. The van der Waals surface area contributed by atoms with Gasteiger partial charge in [-0.15, -0.1) is 0 Å². The van der Waals surface area contributed by atoms with Crippen LogP contribution in [0.1, 0.15) is 42.7 Å². The van der Waals surface area contributed by atoms with E-state index in [0.29, 0.717) is 71.7 Å². The Labute approximate surface area is 310 Å². The predicted octanol–water partition coefficient (Wildman–Crippen LogP) is 2.27. The van der Waals surface area contributed by atoms with Gasteiger partial charge in [0.2, 0.25) is 11.8 Å². The second kappa shape index (κ2) is 21.3. The summed E-state index contributed by atoms with van der Waals surface area (Å²) in [7, 11) is 0. The molecule has 2 aromatic carbocycles. The fourth-order valence-corrected chi connectivity index (χ4v) is 7.05. The van der Waals surface area contributed by atoms with Crippen LogP contribution in [0.2, 0.25) is 0 Å². The molecule has 53 heavy (non-hydrogen) atoms. The van der Waals surface area contributed by atoms with Crippen LogP contribution in [-0.4, -0.2) is 138 Å². The number of likely N-dealkylation sites (tertiary alicyclic amines) is 2. The molecule has 3 fully saturated rings. The van der Waals surface area contributed by atoms with E-state index >= 15 is 0 Å². The third kappa shape index (κ3) is 12.9. The minimum atomic E-state index is -0.832. The number of morpholine rings is 1. The van der Waals surface area contributed by atoms with E-state index < -0.39 is 6.09 Å². The molecule has 5 amide bonds. The van der Waals surface area contributed by atoms with E-state index in [9.17, 15) is 19.2 Å². The number of benzene rings is 2. The zero-order valence-corrected chi connectivity index (χ0v) is 30.3. The van der Waals surface area contributed by atoms with Crippen molar-refractivity contribution in [3.8, 4) is 5.75 Å². The van der Waals surface area contributed by atoms with Gasteiger partial charge >= 0.3 is 12.1 Å². The van der Waals surface area contributed by atoms with Crippen molar-refractivity contribution < 1.29 is 47.6 Å². The van der Waals surface area contributed by atoms with Gasteiger partial charge in [-0.3, -0.25) is 9.59 Å². The molecule has 0 bridgehead atoms. The molecule has 3 saturated heterocycles. The molecule has 3 heterocycles. The lowest BCUT2D eigenvalue weighted by atomic mass is 9.76. The Hall–Kier alpha value is -4.44. The molecule has 0 aromatic heterocycles. The number of hydrogen-bond acceptors (Lipinski definition) is 10. The van der Waals surface area contributed by atoms with Crippen molar-refractivity contribution in [1.29, 1.82) is 0 Å². The van der Waals surface area contributed by atoms with E-state index in [1.807, 2.05) is 28.0 Å². The number of piperidine rings is 2. The van der Waals surface area contributed by atoms with Crippen LogP contribution in [0.15, 0.2) is 54.6 Å². The van der Waals surface area contributed by atoms with Crippen molar-refractivity contribution in [2.45, 2.75) is 43.7 Å². The standard InChI is InChI=1S/C38H53N5O10/c39-37(46)52-24-23-50-22-21-49-20-19-48-17-12-34(44)40-13-18-51-31-8-4-7-30(25-31)36(28-5-2-1-3-6-28)29-9-14-42(15-10-29)38(47)43-16-11-33-32(26-43)41-35(45)27-53-33/h1-8,25,29,32-33,36H,9-24,26-27H2,(H2,39,46)(H,40,44)(H,41,45)/t32-,33+,36?/m1/s1. The quantitative estimate of drug-likeness (QED) is 0.181. The van der Waals surface area contributed by atoms with E-state index in [1.54, 1.807) is 0 Å². The van der Waals surface area contributed by atoms with Crippen LogP contribution in [0.3, 0.4) is 0 Å². The largest absolute Gasteiger partial charge is 0.492 e. The van der Waals surface area contributed by atoms with E-state index in [0.717, 1.165) is 30.6 Å². The number of ether oxygens (including phenoxy) is 6. The monoisotopic (exact) mass is 739 g/mol. The highest BCUT2D eigenvalue weighted by Gasteiger charge is 2.38. The van der Waals surface area contributed by atoms with Crippen LogP contribution in [0, 0.1) is 5.92 Å². The van der Waals surface area contributed by atoms with Gasteiger partial charge in [-0.2, -0.15) is 0 Å². The second-order valence-electron chi connectivity index (χ2n) is 13.3. The average Bonchev–Trinajstić information content (AvgIpc) is 3.17. The summed E-state index contributed by atoms with van der Waals surface area (Å²) in [6, 6.07) is 18.5. The Morgan fingerprint density at radius 3 is 2.25 bits per heavy atom. The molecule has 3 aliphatic heterocycles. The highest BCUT2D eigenvalue weighted by molar-refractivity contribution is 5.79. The second-order valence-corrected chi connectivity index (χ2v) is 13.3. The number of carbonyl (C=O) groups excluding carboxylic acids is 4. The first-order valence-corrected chi connectivity index (χ1v) is 18.5. The van der Waals surface area contributed by atoms with E-state index in [1.165, 1.54) is 5.56 Å². The molecule has 0 saturated carbocycles. The summed E-state index contributed by atoms with van der Waals surface area (Å²) in [6.07, 6.45) is 1.82. The Kier molecular flexibility index (Phi) is 16.0. The molecule has 3 atom stereocenters. The number of nitrogens with one attached hydrogen (secondary N) is 2. The molecule has 0 spiro atoms. The Bertz CT molecular complexity index is 1460. The number of nitrogens with two attached hydrogens (primary N) is 1. The Morgan fingerprint density at radius 2 is 1.51 bits per heavy atom. The summed E-state index contributed by atoms with van der Waals surface area (Å²) in [5, 5.41) is 5.86. The summed E-state index contributed by atoms with van der Waals surface area (Å²) in [6.45, 7) is 5.31. The first-order valence-electron chi connectivity index (χ1n) is 18.5. The van der Waals surface area contributed by atoms with Gasteiger partial charge in [0, 0.05) is 38.5 Å². The van der Waals surface area contributed by atoms with Gasteiger partial charge in [-0.05, 0) is 48.4 Å². The van der Waals surface area contributed by atoms with Crippen LogP contribution in [0.25, 0.3) is 0 Å². The first-order chi connectivity index (χ1) is 25.9. The number of nitrogens with zero attached hydrogens (tertiary/aromatic N) is 2. The third-order valence-electron chi connectivity index (χ3n) is 9.63. The van der Waals surface area contributed by atoms with Gasteiger partial charge in [0.1, 0.15) is 25.6 Å². The number of rotatable bonds is 19. The molecule has 0 aliphatic carbocycles. The topological polar surface area (TPSA) is 180 Å². The molecule has 2 aromatic rings. The van der Waals surface area contributed by atoms with Gasteiger partial charge in [-0.1, -0.05) is 42.5 Å². The SMILES string of the molecule is NC(=O)OCCOCCOCCOCCC(=O)NCCOc1cccc(C(c2ccccc2)C2CCN(C(=O)N3CC[C@@H]4OCC(=O)N[C@@H]4C3)CC2)c1. The molecule has 3 aliphatic rings. The third-order valence-corrected chi connectivity index (χ3v) is 9.63. The highest BCUT2D eigenvalue weighted by atomic mass is 16.6. The molecule has 5 rings (SSSR count). The van der Waals surface area contributed by atoms with Gasteiger partial charge in [0.25, 0.3) is 0 Å². The molecular formula is C38H53N5O10. The van der Waals surface area contributed by atoms with Crippen LogP contribution in [0.5, 0.6) is 5.75 Å². The number of primary amides is 1. The van der Waals surface area contributed by atoms with Crippen molar-refractivity contribution in [3.05, 3.63) is 65.7 Å². The number of urea groups is 1. The number of hydrogen-bond donors (Lipinski definition) is 3. The maximum atomic E-state index is 13.5. The lowest BCUT2D eigenvalue weighted by Gasteiger charge is -2.44. The molecule has 1 unspecified atom stereocenters.